The highest BCUT2D eigenvalue weighted by Gasteiger charge is 2.10. The van der Waals surface area contributed by atoms with Gasteiger partial charge in [-0.15, -0.1) is 0 Å². The zero-order chi connectivity index (χ0) is 16.4. The zero-order valence-electron chi connectivity index (χ0n) is 13.4. The zero-order valence-corrected chi connectivity index (χ0v) is 13.4. The maximum atomic E-state index is 11.8. The van der Waals surface area contributed by atoms with Crippen molar-refractivity contribution < 1.29 is 19.5 Å². The van der Waals surface area contributed by atoms with E-state index < -0.39 is 5.91 Å². The van der Waals surface area contributed by atoms with Crippen molar-refractivity contribution >= 4 is 17.6 Å². The van der Waals surface area contributed by atoms with Crippen molar-refractivity contribution in [1.82, 2.24) is 0 Å². The second-order valence-electron chi connectivity index (χ2n) is 5.28. The lowest BCUT2D eigenvalue weighted by Gasteiger charge is -2.12. The minimum absolute atomic E-state index is 0.319. The molecule has 0 atom stereocenters. The van der Waals surface area contributed by atoms with E-state index in [9.17, 15) is 14.8 Å². The van der Waals surface area contributed by atoms with Crippen molar-refractivity contribution in [3.8, 4) is 0 Å². The van der Waals surface area contributed by atoms with Gasteiger partial charge in [0.1, 0.15) is 0 Å². The van der Waals surface area contributed by atoms with Crippen molar-refractivity contribution in [3.63, 3.8) is 0 Å². The van der Waals surface area contributed by atoms with Gasteiger partial charge in [0.05, 0.1) is 17.9 Å². The largest absolute Gasteiger partial charge is 0.462 e. The van der Waals surface area contributed by atoms with Crippen LogP contribution in [-0.4, -0.2) is 23.7 Å². The second-order valence-corrected chi connectivity index (χ2v) is 5.28. The minimum atomic E-state index is -0.488. The summed E-state index contributed by atoms with van der Waals surface area (Å²) in [6.45, 7) is 3.86. The fourth-order valence-electron chi connectivity index (χ4n) is 2.05. The van der Waals surface area contributed by atoms with Crippen LogP contribution in [0.3, 0.4) is 0 Å². The highest BCUT2D eigenvalue weighted by molar-refractivity contribution is 5.92. The number of unbranched alkanes of at least 4 members (excludes halogenated alkanes) is 5. The Morgan fingerprint density at radius 2 is 1.64 bits per heavy atom. The van der Waals surface area contributed by atoms with Gasteiger partial charge in [-0.1, -0.05) is 39.0 Å². The topological polar surface area (TPSA) is 66.8 Å². The molecular weight excluding hydrogens is 282 g/mol. The normalized spacial score (nSPS) is 10.3. The number of hydroxylamine groups is 1. The predicted molar refractivity (Wildman–Crippen MR) is 85.0 cm³/mol. The molecule has 1 N–H and O–H groups in total. The Balaban J connectivity index is 2.32. The molecule has 0 aromatic heterocycles. The van der Waals surface area contributed by atoms with E-state index in [0.717, 1.165) is 12.8 Å². The Morgan fingerprint density at radius 1 is 1.05 bits per heavy atom. The van der Waals surface area contributed by atoms with E-state index in [-0.39, 0.29) is 5.97 Å². The van der Waals surface area contributed by atoms with E-state index in [4.69, 9.17) is 4.74 Å². The molecule has 1 rings (SSSR count). The van der Waals surface area contributed by atoms with Crippen molar-refractivity contribution in [2.24, 2.45) is 0 Å². The van der Waals surface area contributed by atoms with Gasteiger partial charge in [0.25, 0.3) is 0 Å². The monoisotopic (exact) mass is 307 g/mol. The van der Waals surface area contributed by atoms with Gasteiger partial charge in [0, 0.05) is 6.92 Å². The first-order valence-electron chi connectivity index (χ1n) is 7.83. The Morgan fingerprint density at radius 3 is 2.23 bits per heavy atom. The summed E-state index contributed by atoms with van der Waals surface area (Å²) in [5.41, 5.74) is 0.728. The molecule has 0 bridgehead atoms. The Bertz CT molecular complexity index is 470. The molecule has 0 radical (unpaired) electrons. The third-order valence-corrected chi connectivity index (χ3v) is 3.38. The van der Waals surface area contributed by atoms with Crippen LogP contribution in [0, 0.1) is 0 Å². The Hall–Kier alpha value is -1.88. The lowest BCUT2D eigenvalue weighted by Crippen LogP contribution is -2.23. The summed E-state index contributed by atoms with van der Waals surface area (Å²) in [7, 11) is 0. The predicted octanol–water partition coefficient (Wildman–Crippen LogP) is 3.95. The minimum Gasteiger partial charge on any atom is -0.462 e. The summed E-state index contributed by atoms with van der Waals surface area (Å²) in [4.78, 5) is 22.8. The van der Waals surface area contributed by atoms with Gasteiger partial charge >= 0.3 is 5.97 Å². The Labute approximate surface area is 131 Å². The smallest absolute Gasteiger partial charge is 0.338 e. The first kappa shape index (κ1) is 18.2. The van der Waals surface area contributed by atoms with Crippen LogP contribution in [0.5, 0.6) is 0 Å². The van der Waals surface area contributed by atoms with Crippen LogP contribution in [0.2, 0.25) is 0 Å². The summed E-state index contributed by atoms with van der Waals surface area (Å²) in [5, 5.41) is 9.99. The number of carbonyl (C=O) groups excluding carboxylic acids is 2. The fraction of sp³-hybridized carbons (Fsp3) is 0.529. The standard InChI is InChI=1S/C17H25NO4/c1-3-4-5-6-7-8-13-22-17(20)15-9-11-16(12-10-15)18(21)14(2)19/h9-12,21H,3-8,13H2,1-2H3. The number of anilines is 1. The van der Waals surface area contributed by atoms with Gasteiger partial charge in [0.15, 0.2) is 0 Å². The molecule has 0 aliphatic rings. The molecule has 0 saturated carbocycles. The van der Waals surface area contributed by atoms with Crippen molar-refractivity contribution in [3.05, 3.63) is 29.8 Å². The molecule has 1 aromatic rings. The number of nitrogens with zero attached hydrogens (tertiary/aromatic N) is 1. The van der Waals surface area contributed by atoms with Crippen LogP contribution in [0.1, 0.15) is 62.7 Å². The van der Waals surface area contributed by atoms with E-state index in [1.165, 1.54) is 56.9 Å². The van der Waals surface area contributed by atoms with Gasteiger partial charge in [-0.05, 0) is 30.7 Å². The maximum absolute atomic E-state index is 11.8. The highest BCUT2D eigenvalue weighted by Crippen LogP contribution is 2.14. The Kier molecular flexibility index (Phi) is 8.22. The molecule has 0 heterocycles. The summed E-state index contributed by atoms with van der Waals surface area (Å²) in [6.07, 6.45) is 6.85. The molecule has 0 spiro atoms. The number of carbonyl (C=O) groups is 2. The molecule has 122 valence electrons. The third-order valence-electron chi connectivity index (χ3n) is 3.38. The van der Waals surface area contributed by atoms with Crippen LogP contribution >= 0.6 is 0 Å². The highest BCUT2D eigenvalue weighted by atomic mass is 16.5. The molecule has 0 saturated heterocycles. The van der Waals surface area contributed by atoms with Gasteiger partial charge in [-0.2, -0.15) is 5.06 Å². The van der Waals surface area contributed by atoms with Crippen molar-refractivity contribution in [2.45, 2.75) is 52.4 Å². The lowest BCUT2D eigenvalue weighted by atomic mass is 10.1. The van der Waals surface area contributed by atoms with E-state index >= 15 is 0 Å². The van der Waals surface area contributed by atoms with Crippen LogP contribution in [-0.2, 0) is 9.53 Å². The number of amides is 1. The number of hydrogen-bond acceptors (Lipinski definition) is 4. The SMILES string of the molecule is CCCCCCCCOC(=O)c1ccc(N(O)C(C)=O)cc1. The number of rotatable bonds is 9. The second kappa shape index (κ2) is 9.95. The van der Waals surface area contributed by atoms with Gasteiger partial charge in [0.2, 0.25) is 5.91 Å². The molecular formula is C17H25NO4. The van der Waals surface area contributed by atoms with Crippen LogP contribution in [0.15, 0.2) is 24.3 Å². The average Bonchev–Trinajstić information content (AvgIpc) is 2.53. The van der Waals surface area contributed by atoms with E-state index in [2.05, 4.69) is 6.92 Å². The van der Waals surface area contributed by atoms with E-state index in [1.54, 1.807) is 0 Å². The quantitative estimate of drug-likeness (QED) is 0.325. The summed E-state index contributed by atoms with van der Waals surface area (Å²) in [6, 6.07) is 6.07. The summed E-state index contributed by atoms with van der Waals surface area (Å²) >= 11 is 0. The molecule has 1 aromatic carbocycles. The number of hydrogen-bond donors (Lipinski definition) is 1. The molecule has 0 aliphatic carbocycles. The van der Waals surface area contributed by atoms with Crippen LogP contribution in [0.25, 0.3) is 0 Å². The first-order valence-corrected chi connectivity index (χ1v) is 7.83. The van der Waals surface area contributed by atoms with Crippen LogP contribution in [0.4, 0.5) is 5.69 Å². The third kappa shape index (κ3) is 6.26. The summed E-state index contributed by atoms with van der Waals surface area (Å²) in [5.74, 6) is -0.870. The number of esters is 1. The molecule has 5 nitrogen and oxygen atoms in total. The van der Waals surface area contributed by atoms with Gasteiger partial charge in [-0.3, -0.25) is 10.0 Å². The summed E-state index contributed by atoms with van der Waals surface area (Å²) < 4.78 is 5.20. The fourth-order valence-corrected chi connectivity index (χ4v) is 2.05. The van der Waals surface area contributed by atoms with Crippen LogP contribution < -0.4 is 5.06 Å². The first-order chi connectivity index (χ1) is 10.6. The lowest BCUT2D eigenvalue weighted by molar-refractivity contribution is -0.121. The molecule has 1 amide bonds. The van der Waals surface area contributed by atoms with E-state index in [1.807, 2.05) is 0 Å². The maximum Gasteiger partial charge on any atom is 0.338 e. The molecule has 0 fully saturated rings. The van der Waals surface area contributed by atoms with Gasteiger partial charge in [-0.25, -0.2) is 4.79 Å². The molecule has 0 aliphatic heterocycles. The van der Waals surface area contributed by atoms with Gasteiger partial charge < -0.3 is 4.74 Å². The van der Waals surface area contributed by atoms with Crippen molar-refractivity contribution in [2.75, 3.05) is 11.7 Å². The average molecular weight is 307 g/mol. The number of ether oxygens (including phenoxy) is 1. The molecule has 0 unspecified atom stereocenters. The molecule has 22 heavy (non-hydrogen) atoms. The number of benzene rings is 1. The van der Waals surface area contributed by atoms with E-state index in [0.29, 0.717) is 22.9 Å². The van der Waals surface area contributed by atoms with Crippen molar-refractivity contribution in [1.29, 1.82) is 0 Å². The molecule has 5 heteroatoms.